The molecule has 5 aromatic carbocycles. The lowest BCUT2D eigenvalue weighted by Gasteiger charge is -2.14. The Bertz CT molecular complexity index is 2580. The fraction of sp³-hybridized carbons (Fsp3) is 0. The molecule has 4 aromatic heterocycles. The second-order valence-corrected chi connectivity index (χ2v) is 12.0. The van der Waals surface area contributed by atoms with Crippen LogP contribution in [0.4, 0.5) is 0 Å². The van der Waals surface area contributed by atoms with Gasteiger partial charge in [-0.1, -0.05) is 109 Å². The van der Waals surface area contributed by atoms with Gasteiger partial charge in [0.15, 0.2) is 17.5 Å². The second kappa shape index (κ2) is 12.6. The third-order valence-electron chi connectivity index (χ3n) is 8.82. The van der Waals surface area contributed by atoms with Crippen LogP contribution in [-0.4, -0.2) is 29.9 Å². The fourth-order valence-electron chi connectivity index (χ4n) is 6.39. The lowest BCUT2D eigenvalue weighted by Crippen LogP contribution is -2.01. The van der Waals surface area contributed by atoms with Crippen LogP contribution in [0.3, 0.4) is 0 Å². The van der Waals surface area contributed by atoms with Gasteiger partial charge in [0.25, 0.3) is 0 Å². The third kappa shape index (κ3) is 5.55. The van der Waals surface area contributed by atoms with Gasteiger partial charge in [0.1, 0.15) is 0 Å². The summed E-state index contributed by atoms with van der Waals surface area (Å²) in [6, 6.07) is 51.6. The highest BCUT2D eigenvalue weighted by Gasteiger charge is 2.17. The molecule has 234 valence electrons. The zero-order valence-electron chi connectivity index (χ0n) is 26.8. The van der Waals surface area contributed by atoms with Gasteiger partial charge in [-0.3, -0.25) is 9.97 Å². The van der Waals surface area contributed by atoms with E-state index < -0.39 is 0 Å². The van der Waals surface area contributed by atoms with Crippen LogP contribution in [0.5, 0.6) is 0 Å². The highest BCUT2D eigenvalue weighted by Crippen LogP contribution is 2.37. The third-order valence-corrected chi connectivity index (χ3v) is 8.82. The van der Waals surface area contributed by atoms with Gasteiger partial charge in [-0.25, -0.2) is 19.9 Å². The van der Waals surface area contributed by atoms with E-state index in [1.54, 1.807) is 12.4 Å². The maximum Gasteiger partial charge on any atom is 0.164 e. The Hall–Kier alpha value is -6.92. The number of rotatable bonds is 6. The second-order valence-electron chi connectivity index (χ2n) is 12.0. The summed E-state index contributed by atoms with van der Waals surface area (Å²) in [7, 11) is 0. The Kier molecular flexibility index (Phi) is 7.37. The van der Waals surface area contributed by atoms with Crippen molar-refractivity contribution in [1.82, 2.24) is 29.9 Å². The van der Waals surface area contributed by atoms with E-state index in [2.05, 4.69) is 76.7 Å². The number of pyridine rings is 3. The number of fused-ring (bicyclic) bond motifs is 3. The van der Waals surface area contributed by atoms with Gasteiger partial charge in [0.05, 0.1) is 16.7 Å². The molecule has 0 bridgehead atoms. The van der Waals surface area contributed by atoms with E-state index in [9.17, 15) is 0 Å². The average Bonchev–Trinajstić information content (AvgIpc) is 3.21. The van der Waals surface area contributed by atoms with Crippen LogP contribution in [0.15, 0.2) is 170 Å². The Morgan fingerprint density at radius 1 is 0.340 bits per heavy atom. The summed E-state index contributed by atoms with van der Waals surface area (Å²) in [4.78, 5) is 29.4. The van der Waals surface area contributed by atoms with Crippen molar-refractivity contribution in [1.29, 1.82) is 0 Å². The molecule has 9 aromatic rings. The van der Waals surface area contributed by atoms with Gasteiger partial charge in [-0.05, 0) is 64.7 Å². The summed E-state index contributed by atoms with van der Waals surface area (Å²) in [6.07, 6.45) is 5.47. The van der Waals surface area contributed by atoms with E-state index in [4.69, 9.17) is 19.9 Å². The first-order valence-electron chi connectivity index (χ1n) is 16.4. The van der Waals surface area contributed by atoms with Crippen LogP contribution in [0.25, 0.3) is 89.5 Å². The normalized spacial score (nSPS) is 11.2. The van der Waals surface area contributed by atoms with Crippen molar-refractivity contribution >= 4 is 21.8 Å². The molecule has 0 saturated heterocycles. The lowest BCUT2D eigenvalue weighted by atomic mass is 9.94. The minimum absolute atomic E-state index is 0.577. The molecule has 9 rings (SSSR count). The number of benzene rings is 5. The molecule has 0 unspecified atom stereocenters. The van der Waals surface area contributed by atoms with Crippen molar-refractivity contribution in [2.75, 3.05) is 0 Å². The minimum atomic E-state index is 0.577. The topological polar surface area (TPSA) is 77.3 Å². The van der Waals surface area contributed by atoms with Gasteiger partial charge in [0.2, 0.25) is 0 Å². The van der Waals surface area contributed by atoms with Gasteiger partial charge in [0, 0.05) is 51.6 Å². The van der Waals surface area contributed by atoms with Crippen LogP contribution >= 0.6 is 0 Å². The number of hydrogen-bond acceptors (Lipinski definition) is 6. The highest BCUT2D eigenvalue weighted by atomic mass is 15.0. The predicted octanol–water partition coefficient (Wildman–Crippen LogP) is 10.4. The fourth-order valence-corrected chi connectivity index (χ4v) is 6.39. The van der Waals surface area contributed by atoms with Crippen molar-refractivity contribution in [2.45, 2.75) is 0 Å². The summed E-state index contributed by atoms with van der Waals surface area (Å²) in [5.41, 5.74) is 10.5. The van der Waals surface area contributed by atoms with E-state index in [1.807, 2.05) is 91.1 Å². The molecule has 0 fully saturated rings. The maximum absolute atomic E-state index is 5.20. The van der Waals surface area contributed by atoms with Gasteiger partial charge >= 0.3 is 0 Å². The largest absolute Gasteiger partial charge is 0.264 e. The summed E-state index contributed by atoms with van der Waals surface area (Å²) in [5.74, 6) is 1.80. The van der Waals surface area contributed by atoms with Crippen LogP contribution in [0.2, 0.25) is 0 Å². The molecular weight excluding hydrogens is 613 g/mol. The molecule has 6 nitrogen and oxygen atoms in total. The highest BCUT2D eigenvalue weighted by molar-refractivity contribution is 6.09. The minimum Gasteiger partial charge on any atom is -0.264 e. The smallest absolute Gasteiger partial charge is 0.164 e. The standard InChI is InChI=1S/C44H28N6/c1-4-12-29(13-5-1)32-18-10-19-33(24-32)34-25-35(40-37-21-23-45-28-38(37)41-39(47-40)20-11-22-46-41)27-36(26-34)44-49-42(30-14-6-2-7-15-30)48-43(50-44)31-16-8-3-9-17-31/h1-28H. The zero-order valence-corrected chi connectivity index (χ0v) is 26.8. The lowest BCUT2D eigenvalue weighted by molar-refractivity contribution is 1.07. The van der Waals surface area contributed by atoms with Crippen molar-refractivity contribution in [3.8, 4) is 67.7 Å². The molecule has 0 aliphatic rings. The van der Waals surface area contributed by atoms with E-state index in [0.29, 0.717) is 17.5 Å². The molecular formula is C44H28N6. The zero-order chi connectivity index (χ0) is 33.3. The van der Waals surface area contributed by atoms with Crippen LogP contribution in [0, 0.1) is 0 Å². The molecule has 0 amide bonds. The van der Waals surface area contributed by atoms with Crippen molar-refractivity contribution in [2.24, 2.45) is 0 Å². The van der Waals surface area contributed by atoms with Gasteiger partial charge in [-0.2, -0.15) is 0 Å². The molecule has 0 atom stereocenters. The van der Waals surface area contributed by atoms with Crippen LogP contribution in [-0.2, 0) is 0 Å². The summed E-state index contributed by atoms with van der Waals surface area (Å²) < 4.78 is 0. The maximum atomic E-state index is 5.20. The van der Waals surface area contributed by atoms with Crippen LogP contribution < -0.4 is 0 Å². The SMILES string of the molecule is c1ccc(-c2cccc(-c3cc(-c4nc(-c5ccccc5)nc(-c5ccccc5)n4)cc(-c4nc5cccnc5c5cnccc45)c3)c2)cc1. The van der Waals surface area contributed by atoms with E-state index in [-0.39, 0.29) is 0 Å². The Labute approximate surface area is 288 Å². The molecule has 0 aliphatic carbocycles. The average molecular weight is 641 g/mol. The molecule has 0 saturated carbocycles. The molecule has 6 heteroatoms. The summed E-state index contributed by atoms with van der Waals surface area (Å²) >= 11 is 0. The number of nitrogens with zero attached hydrogens (tertiary/aromatic N) is 6. The van der Waals surface area contributed by atoms with E-state index in [0.717, 1.165) is 72.0 Å². The summed E-state index contributed by atoms with van der Waals surface area (Å²) in [6.45, 7) is 0. The van der Waals surface area contributed by atoms with Gasteiger partial charge in [-0.15, -0.1) is 0 Å². The van der Waals surface area contributed by atoms with Crippen molar-refractivity contribution in [3.63, 3.8) is 0 Å². The number of hydrogen-bond donors (Lipinski definition) is 0. The summed E-state index contributed by atoms with van der Waals surface area (Å²) in [5, 5.41) is 1.92. The predicted molar refractivity (Wildman–Crippen MR) is 201 cm³/mol. The quantitative estimate of drug-likeness (QED) is 0.168. The molecule has 0 N–H and O–H groups in total. The first-order valence-corrected chi connectivity index (χ1v) is 16.4. The molecule has 4 heterocycles. The monoisotopic (exact) mass is 640 g/mol. The van der Waals surface area contributed by atoms with E-state index >= 15 is 0 Å². The Morgan fingerprint density at radius 2 is 0.880 bits per heavy atom. The molecule has 0 aliphatic heterocycles. The Balaban J connectivity index is 1.31. The first kappa shape index (κ1) is 29.2. The van der Waals surface area contributed by atoms with E-state index in [1.165, 1.54) is 0 Å². The van der Waals surface area contributed by atoms with Gasteiger partial charge < -0.3 is 0 Å². The first-order chi connectivity index (χ1) is 24.8. The van der Waals surface area contributed by atoms with Crippen molar-refractivity contribution in [3.05, 3.63) is 170 Å². The van der Waals surface area contributed by atoms with Crippen molar-refractivity contribution < 1.29 is 0 Å². The number of aromatic nitrogens is 6. The Morgan fingerprint density at radius 3 is 1.56 bits per heavy atom. The molecule has 50 heavy (non-hydrogen) atoms. The molecule has 0 radical (unpaired) electrons. The molecule has 0 spiro atoms. The van der Waals surface area contributed by atoms with Crippen LogP contribution in [0.1, 0.15) is 0 Å².